The Balaban J connectivity index is 2.29. The summed E-state index contributed by atoms with van der Waals surface area (Å²) in [6.45, 7) is 2.04. The maximum atomic E-state index is 12.5. The van der Waals surface area contributed by atoms with Gasteiger partial charge >= 0.3 is 0 Å². The summed E-state index contributed by atoms with van der Waals surface area (Å²) in [7, 11) is -0.217. The monoisotopic (exact) mass is 294 g/mol. The van der Waals surface area contributed by atoms with Crippen molar-refractivity contribution in [2.45, 2.75) is 18.4 Å². The van der Waals surface area contributed by atoms with Gasteiger partial charge < -0.3 is 10.3 Å². The lowest BCUT2D eigenvalue weighted by Gasteiger charge is -2.17. The van der Waals surface area contributed by atoms with Gasteiger partial charge in [-0.2, -0.15) is 4.31 Å². The summed E-state index contributed by atoms with van der Waals surface area (Å²) in [5, 5.41) is 0. The van der Waals surface area contributed by atoms with Gasteiger partial charge in [-0.15, -0.1) is 0 Å². The quantitative estimate of drug-likeness (QED) is 0.857. The second kappa shape index (κ2) is 5.26. The number of aromatic nitrogens is 2. The first-order valence-electron chi connectivity index (χ1n) is 6.11. The number of aryl methyl sites for hydroxylation is 2. The fraction of sp³-hybridized carbons (Fsp3) is 0.308. The van der Waals surface area contributed by atoms with Crippen LogP contribution < -0.4 is 5.73 Å². The van der Waals surface area contributed by atoms with Crippen LogP contribution in [0, 0.1) is 6.92 Å². The molecule has 0 bridgehead atoms. The molecule has 0 saturated carbocycles. The lowest BCUT2D eigenvalue weighted by Crippen LogP contribution is -2.27. The van der Waals surface area contributed by atoms with Gasteiger partial charge in [-0.25, -0.2) is 13.4 Å². The molecule has 1 aromatic heterocycles. The Morgan fingerprint density at radius 3 is 2.65 bits per heavy atom. The van der Waals surface area contributed by atoms with Gasteiger partial charge in [-0.1, -0.05) is 6.07 Å². The topological polar surface area (TPSA) is 81.2 Å². The highest BCUT2D eigenvalue weighted by atomic mass is 32.2. The number of imidazole rings is 1. The van der Waals surface area contributed by atoms with E-state index in [9.17, 15) is 8.42 Å². The number of nitrogen functional groups attached to an aromatic ring is 1. The van der Waals surface area contributed by atoms with Gasteiger partial charge in [0.2, 0.25) is 10.0 Å². The van der Waals surface area contributed by atoms with E-state index in [1.165, 1.54) is 17.4 Å². The fourth-order valence-electron chi connectivity index (χ4n) is 1.79. The molecule has 0 atom stereocenters. The van der Waals surface area contributed by atoms with E-state index < -0.39 is 10.0 Å². The lowest BCUT2D eigenvalue weighted by molar-refractivity contribution is 0.451. The van der Waals surface area contributed by atoms with Crippen LogP contribution in [0.2, 0.25) is 0 Å². The Labute approximate surface area is 118 Å². The van der Waals surface area contributed by atoms with E-state index >= 15 is 0 Å². The first kappa shape index (κ1) is 14.5. The van der Waals surface area contributed by atoms with E-state index in [0.29, 0.717) is 11.5 Å². The number of hydrogen-bond acceptors (Lipinski definition) is 4. The molecule has 0 aliphatic heterocycles. The van der Waals surface area contributed by atoms with Crippen LogP contribution in [0.4, 0.5) is 5.69 Å². The molecule has 0 spiro atoms. The van der Waals surface area contributed by atoms with E-state index in [0.717, 1.165) is 5.56 Å². The lowest BCUT2D eigenvalue weighted by atomic mass is 10.2. The number of nitrogens with two attached hydrogens (primary N) is 1. The van der Waals surface area contributed by atoms with E-state index in [1.54, 1.807) is 29.1 Å². The summed E-state index contributed by atoms with van der Waals surface area (Å²) in [6.07, 6.45) is 3.42. The molecule has 0 aliphatic rings. The van der Waals surface area contributed by atoms with E-state index in [-0.39, 0.29) is 11.4 Å². The smallest absolute Gasteiger partial charge is 0.243 e. The van der Waals surface area contributed by atoms with Crippen LogP contribution in [0.25, 0.3) is 0 Å². The summed E-state index contributed by atoms with van der Waals surface area (Å²) in [5.41, 5.74) is 7.10. The molecule has 0 amide bonds. The number of anilines is 1. The van der Waals surface area contributed by atoms with Crippen molar-refractivity contribution in [2.24, 2.45) is 7.05 Å². The van der Waals surface area contributed by atoms with Gasteiger partial charge in [-0.05, 0) is 24.6 Å². The van der Waals surface area contributed by atoms with Gasteiger partial charge in [0.15, 0.2) is 0 Å². The molecule has 0 fully saturated rings. The minimum Gasteiger partial charge on any atom is -0.398 e. The highest BCUT2D eigenvalue weighted by Gasteiger charge is 2.22. The van der Waals surface area contributed by atoms with Crippen molar-refractivity contribution in [1.29, 1.82) is 0 Å². The minimum atomic E-state index is -3.57. The van der Waals surface area contributed by atoms with Crippen LogP contribution in [0.3, 0.4) is 0 Å². The number of nitrogens with zero attached hydrogens (tertiary/aromatic N) is 3. The molecule has 0 unspecified atom stereocenters. The molecule has 0 radical (unpaired) electrons. The molecule has 2 aromatic rings. The highest BCUT2D eigenvalue weighted by molar-refractivity contribution is 7.89. The molecule has 7 heteroatoms. The Kier molecular flexibility index (Phi) is 3.82. The molecule has 20 heavy (non-hydrogen) atoms. The van der Waals surface area contributed by atoms with Gasteiger partial charge in [-0.3, -0.25) is 0 Å². The summed E-state index contributed by atoms with van der Waals surface area (Å²) in [5.74, 6) is 0.677. The van der Waals surface area contributed by atoms with Crippen LogP contribution in [0.5, 0.6) is 0 Å². The predicted octanol–water partition coefficient (Wildman–Crippen LogP) is 1.13. The molecular weight excluding hydrogens is 276 g/mol. The van der Waals surface area contributed by atoms with Gasteiger partial charge in [0.05, 0.1) is 11.4 Å². The van der Waals surface area contributed by atoms with Gasteiger partial charge in [0, 0.05) is 32.2 Å². The van der Waals surface area contributed by atoms with Crippen molar-refractivity contribution in [1.82, 2.24) is 13.9 Å². The third-order valence-corrected chi connectivity index (χ3v) is 5.04. The highest BCUT2D eigenvalue weighted by Crippen LogP contribution is 2.20. The number of sulfonamides is 1. The van der Waals surface area contributed by atoms with E-state index in [4.69, 9.17) is 5.73 Å². The molecule has 1 heterocycles. The SMILES string of the molecule is Cc1ccc(S(=O)(=O)N(C)Cc2nccn2C)cc1N. The standard InChI is InChI=1S/C13H18N4O2S/c1-10-4-5-11(8-12(10)14)20(18,19)17(3)9-13-15-6-7-16(13)2/h4-8H,9,14H2,1-3H3. The predicted molar refractivity (Wildman–Crippen MR) is 77.5 cm³/mol. The third kappa shape index (κ3) is 2.68. The van der Waals surface area contributed by atoms with Crippen molar-refractivity contribution < 1.29 is 8.42 Å². The first-order valence-corrected chi connectivity index (χ1v) is 7.55. The zero-order valence-corrected chi connectivity index (χ0v) is 12.6. The van der Waals surface area contributed by atoms with Crippen molar-refractivity contribution >= 4 is 15.7 Å². The van der Waals surface area contributed by atoms with Crippen LogP contribution in [0.1, 0.15) is 11.4 Å². The minimum absolute atomic E-state index is 0.192. The van der Waals surface area contributed by atoms with Crippen LogP contribution in [-0.4, -0.2) is 29.3 Å². The zero-order valence-electron chi connectivity index (χ0n) is 11.7. The summed E-state index contributed by atoms with van der Waals surface area (Å²) in [6, 6.07) is 4.76. The molecule has 0 saturated heterocycles. The zero-order chi connectivity index (χ0) is 14.9. The van der Waals surface area contributed by atoms with Crippen molar-refractivity contribution in [2.75, 3.05) is 12.8 Å². The molecular formula is C13H18N4O2S. The maximum Gasteiger partial charge on any atom is 0.243 e. The number of benzene rings is 1. The first-order chi connectivity index (χ1) is 9.32. The van der Waals surface area contributed by atoms with E-state index in [2.05, 4.69) is 4.98 Å². The second-order valence-electron chi connectivity index (χ2n) is 4.73. The Bertz CT molecular complexity index is 722. The van der Waals surface area contributed by atoms with Crippen LogP contribution >= 0.6 is 0 Å². The Morgan fingerprint density at radius 1 is 1.40 bits per heavy atom. The molecule has 108 valence electrons. The molecule has 0 aliphatic carbocycles. The van der Waals surface area contributed by atoms with Crippen molar-refractivity contribution in [3.8, 4) is 0 Å². The van der Waals surface area contributed by atoms with Crippen molar-refractivity contribution in [3.63, 3.8) is 0 Å². The van der Waals surface area contributed by atoms with Crippen LogP contribution in [0.15, 0.2) is 35.5 Å². The normalized spacial score (nSPS) is 12.0. The second-order valence-corrected chi connectivity index (χ2v) is 6.78. The number of hydrogen-bond donors (Lipinski definition) is 1. The third-order valence-electron chi connectivity index (χ3n) is 3.24. The molecule has 2 rings (SSSR count). The molecule has 2 N–H and O–H groups in total. The summed E-state index contributed by atoms with van der Waals surface area (Å²) in [4.78, 5) is 4.32. The number of rotatable bonds is 4. The average molecular weight is 294 g/mol. The van der Waals surface area contributed by atoms with Crippen molar-refractivity contribution in [3.05, 3.63) is 42.0 Å². The van der Waals surface area contributed by atoms with Crippen LogP contribution in [-0.2, 0) is 23.6 Å². The Morgan fingerprint density at radius 2 is 2.10 bits per heavy atom. The summed E-state index contributed by atoms with van der Waals surface area (Å²) >= 11 is 0. The van der Waals surface area contributed by atoms with E-state index in [1.807, 2.05) is 14.0 Å². The largest absolute Gasteiger partial charge is 0.398 e. The Hall–Kier alpha value is -1.86. The average Bonchev–Trinajstić information content (AvgIpc) is 2.78. The van der Waals surface area contributed by atoms with Gasteiger partial charge in [0.25, 0.3) is 0 Å². The molecule has 6 nitrogen and oxygen atoms in total. The van der Waals surface area contributed by atoms with Gasteiger partial charge in [0.1, 0.15) is 5.82 Å². The molecule has 1 aromatic carbocycles. The maximum absolute atomic E-state index is 12.5. The summed E-state index contributed by atoms with van der Waals surface area (Å²) < 4.78 is 28.0. The fourth-order valence-corrected chi connectivity index (χ4v) is 2.95.